The van der Waals surface area contributed by atoms with Crippen molar-refractivity contribution in [3.05, 3.63) is 76.8 Å². The summed E-state index contributed by atoms with van der Waals surface area (Å²) in [7, 11) is 0. The van der Waals surface area contributed by atoms with Crippen LogP contribution in [0.3, 0.4) is 0 Å². The van der Waals surface area contributed by atoms with Crippen LogP contribution in [0.4, 0.5) is 14.5 Å². The zero-order valence-electron chi connectivity index (χ0n) is 14.6. The van der Waals surface area contributed by atoms with Crippen molar-refractivity contribution in [1.29, 1.82) is 0 Å². The quantitative estimate of drug-likeness (QED) is 0.464. The summed E-state index contributed by atoms with van der Waals surface area (Å²) in [6, 6.07) is 10.7. The number of nitrogens with zero attached hydrogens (tertiary/aromatic N) is 3. The van der Waals surface area contributed by atoms with Gasteiger partial charge >= 0.3 is 0 Å². The van der Waals surface area contributed by atoms with Crippen LogP contribution >= 0.6 is 0 Å². The third-order valence-electron chi connectivity index (χ3n) is 4.49. The molecule has 0 aliphatic heterocycles. The SMILES string of the molecule is [C-]#[N+]c1c(-c2ccc(C)cc2F)nc2[nH]nc(C)c2c1-c1ccc(F)cc1. The molecule has 0 aliphatic carbocycles. The van der Waals surface area contributed by atoms with Crippen LogP contribution in [0.5, 0.6) is 0 Å². The molecule has 4 aromatic rings. The standard InChI is InChI=1S/C21H14F2N4/c1-11-4-9-15(16(23)10-11)19-20(24-3)18(13-5-7-14(22)8-6-13)17-12(2)26-27-21(17)25-19/h4-10H,1-2H3,(H,25,26,27). The van der Waals surface area contributed by atoms with E-state index in [1.165, 1.54) is 18.2 Å². The maximum absolute atomic E-state index is 14.6. The molecule has 0 unspecified atom stereocenters. The molecule has 0 radical (unpaired) electrons. The number of nitrogens with one attached hydrogen (secondary N) is 1. The molecule has 0 atom stereocenters. The van der Waals surface area contributed by atoms with E-state index in [1.807, 2.05) is 0 Å². The summed E-state index contributed by atoms with van der Waals surface area (Å²) in [4.78, 5) is 8.15. The molecule has 4 nitrogen and oxygen atoms in total. The highest BCUT2D eigenvalue weighted by molar-refractivity contribution is 6.05. The summed E-state index contributed by atoms with van der Waals surface area (Å²) in [5, 5.41) is 7.70. The number of fused-ring (bicyclic) bond motifs is 1. The van der Waals surface area contributed by atoms with Crippen molar-refractivity contribution in [2.45, 2.75) is 13.8 Å². The van der Waals surface area contributed by atoms with Crippen LogP contribution in [-0.2, 0) is 0 Å². The van der Waals surface area contributed by atoms with Crippen molar-refractivity contribution >= 4 is 16.7 Å². The summed E-state index contributed by atoms with van der Waals surface area (Å²) < 4.78 is 28.0. The number of halogens is 2. The van der Waals surface area contributed by atoms with Gasteiger partial charge in [-0.2, -0.15) is 5.10 Å². The average molecular weight is 360 g/mol. The van der Waals surface area contributed by atoms with Gasteiger partial charge in [0, 0.05) is 16.5 Å². The first-order chi connectivity index (χ1) is 13.0. The van der Waals surface area contributed by atoms with Gasteiger partial charge in [-0.1, -0.05) is 24.3 Å². The predicted molar refractivity (Wildman–Crippen MR) is 100 cm³/mol. The maximum atomic E-state index is 14.6. The van der Waals surface area contributed by atoms with E-state index >= 15 is 0 Å². The second-order valence-electron chi connectivity index (χ2n) is 6.32. The van der Waals surface area contributed by atoms with E-state index in [-0.39, 0.29) is 22.8 Å². The zero-order chi connectivity index (χ0) is 19.1. The van der Waals surface area contributed by atoms with Crippen molar-refractivity contribution in [2.75, 3.05) is 0 Å². The lowest BCUT2D eigenvalue weighted by molar-refractivity contribution is 0.628. The molecule has 0 saturated heterocycles. The van der Waals surface area contributed by atoms with Crippen LogP contribution in [-0.4, -0.2) is 15.2 Å². The number of aromatic amines is 1. The summed E-state index contributed by atoms with van der Waals surface area (Å²) >= 11 is 0. The summed E-state index contributed by atoms with van der Waals surface area (Å²) in [5.41, 5.74) is 3.79. The van der Waals surface area contributed by atoms with E-state index in [2.05, 4.69) is 20.0 Å². The Morgan fingerprint density at radius 3 is 2.44 bits per heavy atom. The third-order valence-corrected chi connectivity index (χ3v) is 4.49. The molecule has 0 amide bonds. The Bertz CT molecular complexity index is 1220. The molecule has 0 spiro atoms. The van der Waals surface area contributed by atoms with Crippen molar-refractivity contribution in [1.82, 2.24) is 15.2 Å². The fourth-order valence-electron chi connectivity index (χ4n) is 3.21. The molecule has 4 rings (SSSR count). The largest absolute Gasteiger partial charge is 0.261 e. The normalized spacial score (nSPS) is 10.9. The van der Waals surface area contributed by atoms with E-state index in [0.717, 1.165) is 5.56 Å². The minimum absolute atomic E-state index is 0.210. The lowest BCUT2D eigenvalue weighted by Gasteiger charge is -2.12. The Balaban J connectivity index is 2.13. The van der Waals surface area contributed by atoms with E-state index < -0.39 is 5.82 Å². The third kappa shape index (κ3) is 2.74. The Labute approximate surface area is 154 Å². The highest BCUT2D eigenvalue weighted by Gasteiger charge is 2.22. The Morgan fingerprint density at radius 2 is 1.78 bits per heavy atom. The molecular weight excluding hydrogens is 346 g/mol. The highest BCUT2D eigenvalue weighted by atomic mass is 19.1. The predicted octanol–water partition coefficient (Wildman–Crippen LogP) is 5.74. The second kappa shape index (κ2) is 6.29. The van der Waals surface area contributed by atoms with Crippen molar-refractivity contribution < 1.29 is 8.78 Å². The summed E-state index contributed by atoms with van der Waals surface area (Å²) in [6.45, 7) is 11.3. The van der Waals surface area contributed by atoms with Gasteiger partial charge in [-0.05, 0) is 43.2 Å². The van der Waals surface area contributed by atoms with Crippen LogP contribution < -0.4 is 0 Å². The molecule has 132 valence electrons. The Hall–Kier alpha value is -3.59. The van der Waals surface area contributed by atoms with Gasteiger partial charge in [-0.15, -0.1) is 0 Å². The van der Waals surface area contributed by atoms with E-state index in [0.29, 0.717) is 27.9 Å². The monoisotopic (exact) mass is 360 g/mol. The molecule has 27 heavy (non-hydrogen) atoms. The van der Waals surface area contributed by atoms with E-state index in [1.54, 1.807) is 38.1 Å². The summed E-state index contributed by atoms with van der Waals surface area (Å²) in [6.07, 6.45) is 0. The molecule has 0 aliphatic rings. The first-order valence-corrected chi connectivity index (χ1v) is 8.28. The van der Waals surface area contributed by atoms with Gasteiger partial charge in [0.15, 0.2) is 5.65 Å². The average Bonchev–Trinajstić information content (AvgIpc) is 3.02. The van der Waals surface area contributed by atoms with Crippen molar-refractivity contribution in [3.63, 3.8) is 0 Å². The first-order valence-electron chi connectivity index (χ1n) is 8.28. The van der Waals surface area contributed by atoms with Gasteiger partial charge < -0.3 is 0 Å². The van der Waals surface area contributed by atoms with Gasteiger partial charge in [-0.25, -0.2) is 18.6 Å². The Kier molecular flexibility index (Phi) is 3.93. The van der Waals surface area contributed by atoms with Gasteiger partial charge in [0.25, 0.3) is 0 Å². The molecule has 0 bridgehead atoms. The van der Waals surface area contributed by atoms with Crippen LogP contribution in [0.15, 0.2) is 42.5 Å². The molecule has 2 aromatic heterocycles. The van der Waals surface area contributed by atoms with Gasteiger partial charge in [-0.3, -0.25) is 5.10 Å². The van der Waals surface area contributed by atoms with E-state index in [9.17, 15) is 8.78 Å². The number of hydrogen-bond donors (Lipinski definition) is 1. The molecule has 0 saturated carbocycles. The number of aryl methyl sites for hydroxylation is 2. The number of hydrogen-bond acceptors (Lipinski definition) is 2. The molecule has 2 heterocycles. The number of aromatic nitrogens is 3. The first kappa shape index (κ1) is 16.9. The fraction of sp³-hybridized carbons (Fsp3) is 0.0952. The number of H-pyrrole nitrogens is 1. The van der Waals surface area contributed by atoms with Gasteiger partial charge in [0.2, 0.25) is 5.69 Å². The molecule has 2 aromatic carbocycles. The van der Waals surface area contributed by atoms with E-state index in [4.69, 9.17) is 6.57 Å². The number of pyridine rings is 1. The number of benzene rings is 2. The lowest BCUT2D eigenvalue weighted by atomic mass is 9.96. The highest BCUT2D eigenvalue weighted by Crippen LogP contribution is 2.43. The Morgan fingerprint density at radius 1 is 1.04 bits per heavy atom. The van der Waals surface area contributed by atoms with Crippen LogP contribution in [0.25, 0.3) is 38.3 Å². The minimum atomic E-state index is -0.451. The minimum Gasteiger partial charge on any atom is -0.261 e. The topological polar surface area (TPSA) is 45.9 Å². The van der Waals surface area contributed by atoms with Crippen LogP contribution in [0.2, 0.25) is 0 Å². The van der Waals surface area contributed by atoms with Crippen LogP contribution in [0.1, 0.15) is 11.3 Å². The second-order valence-corrected chi connectivity index (χ2v) is 6.32. The van der Waals surface area contributed by atoms with Crippen LogP contribution in [0, 0.1) is 32.1 Å². The zero-order valence-corrected chi connectivity index (χ0v) is 14.6. The maximum Gasteiger partial charge on any atom is 0.221 e. The number of rotatable bonds is 2. The molecule has 0 fully saturated rings. The molecule has 1 N–H and O–H groups in total. The van der Waals surface area contributed by atoms with Gasteiger partial charge in [0.1, 0.15) is 11.6 Å². The fourth-order valence-corrected chi connectivity index (χ4v) is 3.21. The smallest absolute Gasteiger partial charge is 0.221 e. The van der Waals surface area contributed by atoms with Crippen molar-refractivity contribution in [3.8, 4) is 22.4 Å². The summed E-state index contributed by atoms with van der Waals surface area (Å²) in [5.74, 6) is -0.824. The molecule has 6 heteroatoms. The van der Waals surface area contributed by atoms with Gasteiger partial charge in [0.05, 0.1) is 18.0 Å². The lowest BCUT2D eigenvalue weighted by Crippen LogP contribution is -1.94. The van der Waals surface area contributed by atoms with Crippen molar-refractivity contribution in [2.24, 2.45) is 0 Å². The molecular formula is C21H14F2N4.